The first-order valence-electron chi connectivity index (χ1n) is 10.2. The molecular weight excluding hydrogens is 481 g/mol. The van der Waals surface area contributed by atoms with E-state index in [1.54, 1.807) is 24.3 Å². The third-order valence-electron chi connectivity index (χ3n) is 5.32. The van der Waals surface area contributed by atoms with Gasteiger partial charge in [-0.25, -0.2) is 9.97 Å². The molecule has 9 nitrogen and oxygen atoms in total. The molecule has 0 bridgehead atoms. The van der Waals surface area contributed by atoms with Gasteiger partial charge in [-0.1, -0.05) is 6.42 Å². The van der Waals surface area contributed by atoms with E-state index in [2.05, 4.69) is 47.8 Å². The molecule has 3 rings (SSSR count). The Kier molecular flexibility index (Phi) is 9.85. The Labute approximate surface area is 190 Å². The van der Waals surface area contributed by atoms with Crippen LogP contribution in [0.3, 0.4) is 0 Å². The van der Waals surface area contributed by atoms with E-state index in [-0.39, 0.29) is 24.0 Å². The van der Waals surface area contributed by atoms with Gasteiger partial charge in [-0.2, -0.15) is 5.10 Å². The predicted octanol–water partition coefficient (Wildman–Crippen LogP) is 1.82. The van der Waals surface area contributed by atoms with Crippen LogP contribution in [-0.4, -0.2) is 76.4 Å². The summed E-state index contributed by atoms with van der Waals surface area (Å²) in [7, 11) is 3.68. The zero-order valence-corrected chi connectivity index (χ0v) is 20.0. The molecule has 1 aliphatic heterocycles. The lowest BCUT2D eigenvalue weighted by atomic mass is 10.0. The predicted molar refractivity (Wildman–Crippen MR) is 129 cm³/mol. The van der Waals surface area contributed by atoms with Gasteiger partial charge in [0.1, 0.15) is 12.1 Å². The minimum absolute atomic E-state index is 0. The topological polar surface area (TPSA) is 95.3 Å². The van der Waals surface area contributed by atoms with Crippen LogP contribution in [0.1, 0.15) is 32.6 Å². The number of aryl methyl sites for hydroxylation is 1. The van der Waals surface area contributed by atoms with E-state index in [0.29, 0.717) is 0 Å². The SMILES string of the molecule is CN=C(NCCCN1CCCCC1C)NCCNc1ncnc2c1cnn2C.I. The first kappa shape index (κ1) is 23.6. The molecule has 0 spiro atoms. The minimum Gasteiger partial charge on any atom is -0.368 e. The number of halogens is 1. The molecule has 0 amide bonds. The maximum Gasteiger partial charge on any atom is 0.191 e. The van der Waals surface area contributed by atoms with Crippen molar-refractivity contribution in [1.82, 2.24) is 35.3 Å². The van der Waals surface area contributed by atoms with E-state index in [1.807, 2.05) is 7.05 Å². The maximum atomic E-state index is 4.31. The molecule has 2 aromatic rings. The van der Waals surface area contributed by atoms with Crippen molar-refractivity contribution in [1.29, 1.82) is 0 Å². The second-order valence-corrected chi connectivity index (χ2v) is 7.31. The summed E-state index contributed by atoms with van der Waals surface area (Å²) < 4.78 is 1.75. The van der Waals surface area contributed by atoms with Crippen molar-refractivity contribution >= 4 is 46.8 Å². The number of nitrogens with one attached hydrogen (secondary N) is 3. The highest BCUT2D eigenvalue weighted by molar-refractivity contribution is 14.0. The highest BCUT2D eigenvalue weighted by Crippen LogP contribution is 2.17. The minimum atomic E-state index is 0. The molecule has 1 aliphatic rings. The van der Waals surface area contributed by atoms with Crippen molar-refractivity contribution in [2.24, 2.45) is 12.0 Å². The summed E-state index contributed by atoms with van der Waals surface area (Å²) in [5.74, 6) is 1.64. The van der Waals surface area contributed by atoms with Crippen molar-refractivity contribution in [2.75, 3.05) is 45.1 Å². The van der Waals surface area contributed by atoms with Gasteiger partial charge in [0, 0.05) is 46.3 Å². The number of aromatic nitrogens is 4. The Hall–Kier alpha value is -1.69. The molecule has 1 saturated heterocycles. The fourth-order valence-corrected chi connectivity index (χ4v) is 3.66. The van der Waals surface area contributed by atoms with Crippen LogP contribution in [0.5, 0.6) is 0 Å². The number of rotatable bonds is 8. The van der Waals surface area contributed by atoms with Crippen LogP contribution < -0.4 is 16.0 Å². The number of piperidine rings is 1. The monoisotopic (exact) mass is 515 g/mol. The zero-order chi connectivity index (χ0) is 19.8. The molecule has 0 aromatic carbocycles. The number of hydrogen-bond acceptors (Lipinski definition) is 6. The number of guanidine groups is 1. The Morgan fingerprint density at radius 1 is 1.21 bits per heavy atom. The van der Waals surface area contributed by atoms with Gasteiger partial charge in [0.25, 0.3) is 0 Å². The van der Waals surface area contributed by atoms with Crippen molar-refractivity contribution in [3.05, 3.63) is 12.5 Å². The molecule has 0 radical (unpaired) electrons. The van der Waals surface area contributed by atoms with Gasteiger partial charge < -0.3 is 20.9 Å². The molecule has 29 heavy (non-hydrogen) atoms. The smallest absolute Gasteiger partial charge is 0.191 e. The van der Waals surface area contributed by atoms with Crippen LogP contribution in [0.25, 0.3) is 11.0 Å². The summed E-state index contributed by atoms with van der Waals surface area (Å²) in [6.07, 6.45) is 8.52. The third kappa shape index (κ3) is 6.66. The first-order valence-corrected chi connectivity index (χ1v) is 10.2. The summed E-state index contributed by atoms with van der Waals surface area (Å²) in [4.78, 5) is 15.5. The Morgan fingerprint density at radius 2 is 2.03 bits per heavy atom. The molecule has 162 valence electrons. The Morgan fingerprint density at radius 3 is 2.83 bits per heavy atom. The number of nitrogens with zero attached hydrogens (tertiary/aromatic N) is 6. The fraction of sp³-hybridized carbons (Fsp3) is 0.684. The van der Waals surface area contributed by atoms with E-state index in [4.69, 9.17) is 0 Å². The highest BCUT2D eigenvalue weighted by Gasteiger charge is 2.17. The molecule has 0 saturated carbocycles. The number of hydrogen-bond donors (Lipinski definition) is 3. The average molecular weight is 515 g/mol. The number of aliphatic imine (C=N–C) groups is 1. The standard InChI is InChI=1S/C19H33N9.HI/c1-15-7-4-5-11-28(15)12-6-8-22-19(20-2)23-10-9-21-17-16-13-26-27(3)18(16)25-14-24-17;/h13-15H,4-12H2,1-3H3,(H2,20,22,23)(H,21,24,25);1H. The van der Waals surface area contributed by atoms with Crippen LogP contribution >= 0.6 is 24.0 Å². The van der Waals surface area contributed by atoms with Crippen molar-refractivity contribution in [3.63, 3.8) is 0 Å². The first-order chi connectivity index (χ1) is 13.7. The highest BCUT2D eigenvalue weighted by atomic mass is 127. The van der Waals surface area contributed by atoms with Gasteiger partial charge in [-0.05, 0) is 32.7 Å². The van der Waals surface area contributed by atoms with Gasteiger partial charge in [0.05, 0.1) is 11.6 Å². The second-order valence-electron chi connectivity index (χ2n) is 7.31. The molecule has 3 N–H and O–H groups in total. The molecule has 1 unspecified atom stereocenters. The zero-order valence-electron chi connectivity index (χ0n) is 17.7. The molecule has 1 fully saturated rings. The van der Waals surface area contributed by atoms with E-state index in [1.165, 1.54) is 25.8 Å². The summed E-state index contributed by atoms with van der Waals surface area (Å²) >= 11 is 0. The number of fused-ring (bicyclic) bond motifs is 1. The van der Waals surface area contributed by atoms with Crippen molar-refractivity contribution < 1.29 is 0 Å². The molecule has 3 heterocycles. The van der Waals surface area contributed by atoms with E-state index in [0.717, 1.165) is 61.5 Å². The Bertz CT molecular complexity index is 776. The van der Waals surface area contributed by atoms with Crippen molar-refractivity contribution in [3.8, 4) is 0 Å². The Balaban J connectivity index is 0.00000300. The van der Waals surface area contributed by atoms with E-state index >= 15 is 0 Å². The summed E-state index contributed by atoms with van der Waals surface area (Å²) in [5.41, 5.74) is 0.825. The maximum absolute atomic E-state index is 4.31. The quantitative estimate of drug-likeness (QED) is 0.214. The second kappa shape index (κ2) is 12.1. The van der Waals surface area contributed by atoms with Gasteiger partial charge in [-0.15, -0.1) is 24.0 Å². The van der Waals surface area contributed by atoms with Crippen LogP contribution in [0.4, 0.5) is 5.82 Å². The largest absolute Gasteiger partial charge is 0.368 e. The molecule has 1 atom stereocenters. The molecule has 0 aliphatic carbocycles. The lowest BCUT2D eigenvalue weighted by molar-refractivity contribution is 0.159. The van der Waals surface area contributed by atoms with Crippen LogP contribution in [-0.2, 0) is 7.05 Å². The van der Waals surface area contributed by atoms with Crippen LogP contribution in [0.2, 0.25) is 0 Å². The lowest BCUT2D eigenvalue weighted by Gasteiger charge is -2.33. The molecule has 2 aromatic heterocycles. The summed E-state index contributed by atoms with van der Waals surface area (Å²) in [5, 5.41) is 15.2. The van der Waals surface area contributed by atoms with Gasteiger partial charge in [0.15, 0.2) is 11.6 Å². The molecular formula is C19H34IN9. The summed E-state index contributed by atoms with van der Waals surface area (Å²) in [6, 6.07) is 0.727. The van der Waals surface area contributed by atoms with Crippen LogP contribution in [0, 0.1) is 0 Å². The van der Waals surface area contributed by atoms with E-state index < -0.39 is 0 Å². The fourth-order valence-electron chi connectivity index (χ4n) is 3.66. The van der Waals surface area contributed by atoms with Gasteiger partial charge >= 0.3 is 0 Å². The number of likely N-dealkylation sites (tertiary alicyclic amines) is 1. The van der Waals surface area contributed by atoms with Gasteiger partial charge in [0.2, 0.25) is 0 Å². The normalized spacial score (nSPS) is 17.8. The lowest BCUT2D eigenvalue weighted by Crippen LogP contribution is -2.42. The average Bonchev–Trinajstić information content (AvgIpc) is 3.10. The van der Waals surface area contributed by atoms with E-state index in [9.17, 15) is 0 Å². The van der Waals surface area contributed by atoms with Crippen molar-refractivity contribution in [2.45, 2.75) is 38.6 Å². The van der Waals surface area contributed by atoms with Crippen LogP contribution in [0.15, 0.2) is 17.5 Å². The molecule has 10 heteroatoms. The third-order valence-corrected chi connectivity index (χ3v) is 5.32. The number of anilines is 1. The van der Waals surface area contributed by atoms with Gasteiger partial charge in [-0.3, -0.25) is 9.67 Å². The summed E-state index contributed by atoms with van der Waals surface area (Å²) in [6.45, 7) is 7.14.